The van der Waals surface area contributed by atoms with Crippen LogP contribution >= 0.6 is 0 Å². The smallest absolute Gasteiger partial charge is 0.325 e. The Morgan fingerprint density at radius 3 is 2.62 bits per heavy atom. The molecule has 0 spiro atoms. The van der Waals surface area contributed by atoms with Gasteiger partial charge >= 0.3 is 5.97 Å². The first kappa shape index (κ1) is 17.1. The minimum absolute atomic E-state index is 0.160. The lowest BCUT2D eigenvalue weighted by atomic mass is 10.1. The third-order valence-electron chi connectivity index (χ3n) is 2.90. The number of hydrogen-bond donors (Lipinski definition) is 0. The van der Waals surface area contributed by atoms with E-state index in [1.807, 2.05) is 0 Å². The quantitative estimate of drug-likeness (QED) is 0.720. The zero-order chi connectivity index (χ0) is 15.8. The van der Waals surface area contributed by atoms with E-state index in [0.717, 1.165) is 0 Å². The predicted octanol–water partition coefficient (Wildman–Crippen LogP) is 1.79. The molecule has 116 valence electrons. The maximum Gasteiger partial charge on any atom is 0.325 e. The SMILES string of the molecule is CCOC(=O)CN(CCOC)C(=O)c1ccc(F)cc1C. The van der Waals surface area contributed by atoms with Crippen LogP contribution in [0, 0.1) is 12.7 Å². The highest BCUT2D eigenvalue weighted by molar-refractivity contribution is 5.97. The lowest BCUT2D eigenvalue weighted by Crippen LogP contribution is -2.39. The highest BCUT2D eigenvalue weighted by Gasteiger charge is 2.20. The molecule has 0 heterocycles. The summed E-state index contributed by atoms with van der Waals surface area (Å²) < 4.78 is 22.9. The van der Waals surface area contributed by atoms with Crippen LogP contribution in [0.3, 0.4) is 0 Å². The lowest BCUT2D eigenvalue weighted by Gasteiger charge is -2.22. The van der Waals surface area contributed by atoms with Crippen molar-refractivity contribution in [1.82, 2.24) is 4.90 Å². The van der Waals surface area contributed by atoms with Crippen molar-refractivity contribution in [2.45, 2.75) is 13.8 Å². The zero-order valence-electron chi connectivity index (χ0n) is 12.5. The summed E-state index contributed by atoms with van der Waals surface area (Å²) in [6.07, 6.45) is 0. The molecular weight excluding hydrogens is 277 g/mol. The standard InChI is InChI=1S/C15H20FNO4/c1-4-21-14(18)10-17(7-8-20-3)15(19)13-6-5-12(16)9-11(13)2/h5-6,9H,4,7-8,10H2,1-3H3. The maximum atomic E-state index is 13.1. The molecule has 0 bridgehead atoms. The van der Waals surface area contributed by atoms with Gasteiger partial charge in [-0.25, -0.2) is 4.39 Å². The zero-order valence-corrected chi connectivity index (χ0v) is 12.5. The summed E-state index contributed by atoms with van der Waals surface area (Å²) in [5, 5.41) is 0. The van der Waals surface area contributed by atoms with Crippen LogP contribution in [0.5, 0.6) is 0 Å². The van der Waals surface area contributed by atoms with E-state index < -0.39 is 11.8 Å². The Morgan fingerprint density at radius 2 is 2.05 bits per heavy atom. The highest BCUT2D eigenvalue weighted by Crippen LogP contribution is 2.13. The van der Waals surface area contributed by atoms with E-state index >= 15 is 0 Å². The number of halogens is 1. The fraction of sp³-hybridized carbons (Fsp3) is 0.467. The molecule has 0 saturated carbocycles. The van der Waals surface area contributed by atoms with Crippen LogP contribution in [0.15, 0.2) is 18.2 Å². The fourth-order valence-corrected chi connectivity index (χ4v) is 1.85. The second-order valence-electron chi connectivity index (χ2n) is 4.48. The number of aryl methyl sites for hydroxylation is 1. The molecule has 1 amide bonds. The topological polar surface area (TPSA) is 55.8 Å². The van der Waals surface area contributed by atoms with Crippen molar-refractivity contribution in [3.8, 4) is 0 Å². The summed E-state index contributed by atoms with van der Waals surface area (Å²) in [6.45, 7) is 3.99. The van der Waals surface area contributed by atoms with Crippen molar-refractivity contribution < 1.29 is 23.5 Å². The summed E-state index contributed by atoms with van der Waals surface area (Å²) in [6, 6.07) is 3.92. The van der Waals surface area contributed by atoms with Gasteiger partial charge in [0.1, 0.15) is 12.4 Å². The first-order chi connectivity index (χ1) is 9.99. The monoisotopic (exact) mass is 297 g/mol. The van der Waals surface area contributed by atoms with Crippen LogP contribution < -0.4 is 0 Å². The average molecular weight is 297 g/mol. The molecular formula is C15H20FNO4. The maximum absolute atomic E-state index is 13.1. The molecule has 0 aromatic heterocycles. The Balaban J connectivity index is 2.90. The summed E-state index contributed by atoms with van der Waals surface area (Å²) in [5.74, 6) is -1.24. The van der Waals surface area contributed by atoms with E-state index in [1.54, 1.807) is 13.8 Å². The van der Waals surface area contributed by atoms with E-state index in [1.165, 1.54) is 30.2 Å². The van der Waals surface area contributed by atoms with Crippen molar-refractivity contribution in [3.63, 3.8) is 0 Å². The minimum atomic E-state index is -0.485. The van der Waals surface area contributed by atoms with Gasteiger partial charge in [-0.15, -0.1) is 0 Å². The van der Waals surface area contributed by atoms with Gasteiger partial charge < -0.3 is 14.4 Å². The van der Waals surface area contributed by atoms with Crippen LogP contribution in [0.1, 0.15) is 22.8 Å². The number of rotatable bonds is 7. The van der Waals surface area contributed by atoms with Crippen molar-refractivity contribution in [2.24, 2.45) is 0 Å². The van der Waals surface area contributed by atoms with E-state index in [9.17, 15) is 14.0 Å². The van der Waals surface area contributed by atoms with Crippen LogP contribution in [-0.4, -0.2) is 50.2 Å². The van der Waals surface area contributed by atoms with Crippen LogP contribution in [-0.2, 0) is 14.3 Å². The molecule has 1 aromatic rings. The number of carbonyl (C=O) groups is 2. The number of benzene rings is 1. The predicted molar refractivity (Wildman–Crippen MR) is 75.5 cm³/mol. The number of esters is 1. The van der Waals surface area contributed by atoms with Crippen LogP contribution in [0.4, 0.5) is 4.39 Å². The van der Waals surface area contributed by atoms with Crippen molar-refractivity contribution in [2.75, 3.05) is 33.4 Å². The van der Waals surface area contributed by atoms with Gasteiger partial charge in [0.05, 0.1) is 13.2 Å². The van der Waals surface area contributed by atoms with Crippen molar-refractivity contribution in [3.05, 3.63) is 35.1 Å². The Morgan fingerprint density at radius 1 is 1.33 bits per heavy atom. The van der Waals surface area contributed by atoms with Crippen LogP contribution in [0.2, 0.25) is 0 Å². The molecule has 0 radical (unpaired) electrons. The van der Waals surface area contributed by atoms with Gasteiger partial charge in [-0.05, 0) is 37.6 Å². The van der Waals surface area contributed by atoms with E-state index in [4.69, 9.17) is 9.47 Å². The van der Waals surface area contributed by atoms with Crippen molar-refractivity contribution >= 4 is 11.9 Å². The number of methoxy groups -OCH3 is 1. The molecule has 0 saturated heterocycles. The fourth-order valence-electron chi connectivity index (χ4n) is 1.85. The van der Waals surface area contributed by atoms with E-state index in [0.29, 0.717) is 17.7 Å². The average Bonchev–Trinajstić information content (AvgIpc) is 2.43. The third kappa shape index (κ3) is 5.15. The highest BCUT2D eigenvalue weighted by atomic mass is 19.1. The Bertz CT molecular complexity index is 504. The second kappa shape index (κ2) is 8.36. The van der Waals surface area contributed by atoms with E-state index in [-0.39, 0.29) is 25.6 Å². The number of hydrogen-bond acceptors (Lipinski definition) is 4. The number of carbonyl (C=O) groups excluding carboxylic acids is 2. The summed E-state index contributed by atoms with van der Waals surface area (Å²) >= 11 is 0. The van der Waals surface area contributed by atoms with Crippen LogP contribution in [0.25, 0.3) is 0 Å². The Hall–Kier alpha value is -1.95. The Kier molecular flexibility index (Phi) is 6.81. The molecule has 0 aliphatic carbocycles. The molecule has 21 heavy (non-hydrogen) atoms. The van der Waals surface area contributed by atoms with Crippen molar-refractivity contribution in [1.29, 1.82) is 0 Å². The molecule has 0 N–H and O–H groups in total. The van der Waals surface area contributed by atoms with Gasteiger partial charge in [0.2, 0.25) is 0 Å². The molecule has 0 aliphatic rings. The molecule has 0 aliphatic heterocycles. The lowest BCUT2D eigenvalue weighted by molar-refractivity contribution is -0.143. The van der Waals surface area contributed by atoms with Gasteiger partial charge in [-0.3, -0.25) is 9.59 Å². The largest absolute Gasteiger partial charge is 0.465 e. The van der Waals surface area contributed by atoms with Gasteiger partial charge in [0, 0.05) is 19.2 Å². The molecule has 1 aromatic carbocycles. The van der Waals surface area contributed by atoms with Gasteiger partial charge in [0.25, 0.3) is 5.91 Å². The van der Waals surface area contributed by atoms with Gasteiger partial charge in [-0.2, -0.15) is 0 Å². The molecule has 0 fully saturated rings. The molecule has 6 heteroatoms. The normalized spacial score (nSPS) is 10.3. The Labute approximate surface area is 123 Å². The number of nitrogens with zero attached hydrogens (tertiary/aromatic N) is 1. The molecule has 1 rings (SSSR count). The summed E-state index contributed by atoms with van der Waals surface area (Å²) in [4.78, 5) is 25.4. The number of ether oxygens (including phenoxy) is 2. The summed E-state index contributed by atoms with van der Waals surface area (Å²) in [7, 11) is 1.51. The molecule has 0 unspecified atom stereocenters. The minimum Gasteiger partial charge on any atom is -0.465 e. The first-order valence-corrected chi connectivity index (χ1v) is 6.69. The molecule has 0 atom stereocenters. The van der Waals surface area contributed by atoms with Gasteiger partial charge in [0.15, 0.2) is 0 Å². The second-order valence-corrected chi connectivity index (χ2v) is 4.48. The number of amides is 1. The first-order valence-electron chi connectivity index (χ1n) is 6.69. The molecule has 5 nitrogen and oxygen atoms in total. The third-order valence-corrected chi connectivity index (χ3v) is 2.90. The van der Waals surface area contributed by atoms with Gasteiger partial charge in [-0.1, -0.05) is 0 Å². The van der Waals surface area contributed by atoms with E-state index in [2.05, 4.69) is 0 Å². The summed E-state index contributed by atoms with van der Waals surface area (Å²) in [5.41, 5.74) is 0.878.